The van der Waals surface area contributed by atoms with E-state index < -0.39 is 10.2 Å². The maximum atomic E-state index is 11.7. The summed E-state index contributed by atoms with van der Waals surface area (Å²) in [5, 5.41) is 8.58. The highest BCUT2D eigenvalue weighted by atomic mass is 32.2. The van der Waals surface area contributed by atoms with E-state index in [0.717, 1.165) is 25.9 Å². The van der Waals surface area contributed by atoms with Crippen LogP contribution in [0.5, 0.6) is 0 Å². The van der Waals surface area contributed by atoms with Gasteiger partial charge in [-0.2, -0.15) is 18.4 Å². The summed E-state index contributed by atoms with van der Waals surface area (Å²) in [5.41, 5.74) is 0. The van der Waals surface area contributed by atoms with Crippen molar-refractivity contribution < 1.29 is 8.42 Å². The molecule has 1 fully saturated rings. The molecule has 2 N–H and O–H groups in total. The van der Waals surface area contributed by atoms with Crippen molar-refractivity contribution in [1.29, 1.82) is 5.26 Å². The molecule has 0 aromatic rings. The van der Waals surface area contributed by atoms with Crippen LogP contribution in [0.2, 0.25) is 0 Å². The highest BCUT2D eigenvalue weighted by Crippen LogP contribution is 2.10. The summed E-state index contributed by atoms with van der Waals surface area (Å²) in [6, 6.07) is 2.08. The summed E-state index contributed by atoms with van der Waals surface area (Å²) in [4.78, 5) is 2.03. The van der Waals surface area contributed by atoms with Crippen molar-refractivity contribution >= 4 is 10.2 Å². The van der Waals surface area contributed by atoms with Gasteiger partial charge in [-0.25, -0.2) is 4.72 Å². The van der Waals surface area contributed by atoms with Crippen molar-refractivity contribution in [2.75, 3.05) is 26.2 Å². The predicted octanol–water partition coefficient (Wildman–Crippen LogP) is 0.0544. The van der Waals surface area contributed by atoms with Gasteiger partial charge < -0.3 is 0 Å². The summed E-state index contributed by atoms with van der Waals surface area (Å²) in [6.45, 7) is 6.33. The Balaban J connectivity index is 2.34. The number of nitrogens with zero attached hydrogens (tertiary/aromatic N) is 2. The molecule has 18 heavy (non-hydrogen) atoms. The van der Waals surface area contributed by atoms with Gasteiger partial charge in [0.25, 0.3) is 10.2 Å². The topological polar surface area (TPSA) is 85.2 Å². The fourth-order valence-corrected chi connectivity index (χ4v) is 3.16. The van der Waals surface area contributed by atoms with E-state index in [9.17, 15) is 8.42 Å². The van der Waals surface area contributed by atoms with Gasteiger partial charge in [0, 0.05) is 25.7 Å². The summed E-state index contributed by atoms with van der Waals surface area (Å²) < 4.78 is 28.6. The second-order valence-corrected chi connectivity index (χ2v) is 6.60. The molecule has 0 aliphatic carbocycles. The lowest BCUT2D eigenvalue weighted by atomic mass is 10.1. The molecule has 0 amide bonds. The lowest BCUT2D eigenvalue weighted by Crippen LogP contribution is -2.48. The Morgan fingerprint density at radius 1 is 1.39 bits per heavy atom. The average Bonchev–Trinajstić information content (AvgIpc) is 2.29. The molecular weight excluding hydrogens is 252 g/mol. The Morgan fingerprint density at radius 2 is 2.00 bits per heavy atom. The molecule has 0 aromatic heterocycles. The first-order chi connectivity index (χ1) is 8.43. The van der Waals surface area contributed by atoms with Crippen LogP contribution < -0.4 is 9.44 Å². The van der Waals surface area contributed by atoms with E-state index in [1.54, 1.807) is 0 Å². The summed E-state index contributed by atoms with van der Waals surface area (Å²) in [6.07, 6.45) is 1.51. The van der Waals surface area contributed by atoms with E-state index in [-0.39, 0.29) is 6.04 Å². The Bertz CT molecular complexity index is 380. The molecular formula is C11H22N4O2S. The largest absolute Gasteiger partial charge is 0.290 e. The van der Waals surface area contributed by atoms with E-state index in [2.05, 4.69) is 15.5 Å². The second kappa shape index (κ2) is 7.04. The van der Waals surface area contributed by atoms with Crippen molar-refractivity contribution in [3.05, 3.63) is 0 Å². The fourth-order valence-electron chi connectivity index (χ4n) is 1.85. The molecule has 0 bridgehead atoms. The zero-order chi connectivity index (χ0) is 13.6. The molecule has 0 aromatic carbocycles. The van der Waals surface area contributed by atoms with Gasteiger partial charge in [0.15, 0.2) is 0 Å². The number of likely N-dealkylation sites (tertiary alicyclic amines) is 1. The van der Waals surface area contributed by atoms with Gasteiger partial charge in [-0.05, 0) is 18.8 Å². The quantitative estimate of drug-likeness (QED) is 0.670. The third-order valence-corrected chi connectivity index (χ3v) is 4.08. The van der Waals surface area contributed by atoms with Crippen LogP contribution >= 0.6 is 0 Å². The molecule has 0 spiro atoms. The van der Waals surface area contributed by atoms with Crippen molar-refractivity contribution in [2.45, 2.75) is 32.7 Å². The van der Waals surface area contributed by atoms with E-state index in [4.69, 9.17) is 5.26 Å². The number of rotatable bonds is 6. The lowest BCUT2D eigenvalue weighted by molar-refractivity contribution is 0.228. The summed E-state index contributed by atoms with van der Waals surface area (Å²) in [7, 11) is -3.39. The molecule has 0 atom stereocenters. The first-order valence-electron chi connectivity index (χ1n) is 6.29. The highest BCUT2D eigenvalue weighted by Gasteiger charge is 2.23. The average molecular weight is 274 g/mol. The molecule has 0 radical (unpaired) electrons. The number of nitrogens with one attached hydrogen (secondary N) is 2. The lowest BCUT2D eigenvalue weighted by Gasteiger charge is -2.30. The minimum absolute atomic E-state index is 0.0235. The maximum absolute atomic E-state index is 11.7. The number of nitriles is 1. The molecule has 6 nitrogen and oxygen atoms in total. The van der Waals surface area contributed by atoms with Crippen LogP contribution in [0.25, 0.3) is 0 Å². The van der Waals surface area contributed by atoms with Gasteiger partial charge in [0.2, 0.25) is 0 Å². The SMILES string of the molecule is CC(C)CNS(=O)(=O)NC1CCN(CC#N)CC1. The zero-order valence-corrected chi connectivity index (χ0v) is 11.8. The minimum Gasteiger partial charge on any atom is -0.290 e. The van der Waals surface area contributed by atoms with Gasteiger partial charge >= 0.3 is 0 Å². The Morgan fingerprint density at radius 3 is 2.50 bits per heavy atom. The molecule has 1 aliphatic rings. The molecule has 104 valence electrons. The van der Waals surface area contributed by atoms with Crippen LogP contribution in [-0.4, -0.2) is 45.5 Å². The van der Waals surface area contributed by atoms with E-state index in [0.29, 0.717) is 19.0 Å². The van der Waals surface area contributed by atoms with Crippen molar-refractivity contribution in [2.24, 2.45) is 5.92 Å². The van der Waals surface area contributed by atoms with E-state index in [1.165, 1.54) is 0 Å². The third kappa shape index (κ3) is 5.78. The number of hydrogen-bond acceptors (Lipinski definition) is 4. The first kappa shape index (κ1) is 15.4. The van der Waals surface area contributed by atoms with Crippen LogP contribution in [0.3, 0.4) is 0 Å². The zero-order valence-electron chi connectivity index (χ0n) is 11.0. The fraction of sp³-hybridized carbons (Fsp3) is 0.909. The molecule has 1 heterocycles. The number of piperidine rings is 1. The Labute approximate surface area is 110 Å². The molecule has 1 saturated heterocycles. The summed E-state index contributed by atoms with van der Waals surface area (Å²) >= 11 is 0. The minimum atomic E-state index is -3.39. The first-order valence-corrected chi connectivity index (χ1v) is 7.77. The van der Waals surface area contributed by atoms with Crippen LogP contribution in [0.15, 0.2) is 0 Å². The number of hydrogen-bond donors (Lipinski definition) is 2. The van der Waals surface area contributed by atoms with Crippen molar-refractivity contribution in [3.63, 3.8) is 0 Å². The standard InChI is InChI=1S/C11H22N4O2S/c1-10(2)9-13-18(16,17)14-11-3-6-15(7-4-11)8-5-12/h10-11,13-14H,3-4,6-9H2,1-2H3. The van der Waals surface area contributed by atoms with E-state index >= 15 is 0 Å². The van der Waals surface area contributed by atoms with Gasteiger partial charge in [-0.1, -0.05) is 13.8 Å². The molecule has 0 saturated carbocycles. The molecule has 1 rings (SSSR count). The highest BCUT2D eigenvalue weighted by molar-refractivity contribution is 7.87. The van der Waals surface area contributed by atoms with Crippen LogP contribution in [0, 0.1) is 17.2 Å². The summed E-state index contributed by atoms with van der Waals surface area (Å²) in [5.74, 6) is 0.291. The van der Waals surface area contributed by atoms with Crippen molar-refractivity contribution in [1.82, 2.24) is 14.3 Å². The molecule has 7 heteroatoms. The Kier molecular flexibility index (Phi) is 6.02. The van der Waals surface area contributed by atoms with Gasteiger partial charge in [0.1, 0.15) is 0 Å². The van der Waals surface area contributed by atoms with Gasteiger partial charge in [-0.15, -0.1) is 0 Å². The normalized spacial score (nSPS) is 19.0. The molecule has 0 unspecified atom stereocenters. The predicted molar refractivity (Wildman–Crippen MR) is 70.0 cm³/mol. The Hall–Kier alpha value is -0.680. The monoisotopic (exact) mass is 274 g/mol. The van der Waals surface area contributed by atoms with E-state index in [1.807, 2.05) is 18.7 Å². The smallest absolute Gasteiger partial charge is 0.277 e. The van der Waals surface area contributed by atoms with Crippen LogP contribution in [-0.2, 0) is 10.2 Å². The van der Waals surface area contributed by atoms with Gasteiger partial charge in [0.05, 0.1) is 12.6 Å². The molecule has 1 aliphatic heterocycles. The van der Waals surface area contributed by atoms with Gasteiger partial charge in [-0.3, -0.25) is 4.90 Å². The maximum Gasteiger partial charge on any atom is 0.277 e. The van der Waals surface area contributed by atoms with Crippen LogP contribution in [0.1, 0.15) is 26.7 Å². The van der Waals surface area contributed by atoms with Crippen molar-refractivity contribution in [3.8, 4) is 6.07 Å². The third-order valence-electron chi connectivity index (χ3n) is 2.89. The second-order valence-electron chi connectivity index (χ2n) is 5.07. The van der Waals surface area contributed by atoms with Crippen LogP contribution in [0.4, 0.5) is 0 Å².